The van der Waals surface area contributed by atoms with Crippen LogP contribution in [-0.4, -0.2) is 60.5 Å². The fourth-order valence-electron chi connectivity index (χ4n) is 3.89. The molecule has 0 aliphatic carbocycles. The second kappa shape index (κ2) is 11.9. The first-order chi connectivity index (χ1) is 18.8. The van der Waals surface area contributed by atoms with Crippen molar-refractivity contribution in [2.45, 2.75) is 26.2 Å². The zero-order valence-electron chi connectivity index (χ0n) is 22.2. The summed E-state index contributed by atoms with van der Waals surface area (Å²) in [6.45, 7) is 11.1. The maximum absolute atomic E-state index is 12.3. The zero-order valence-corrected chi connectivity index (χ0v) is 23.1. The van der Waals surface area contributed by atoms with Crippen LogP contribution < -0.4 is 15.4 Å². The molecule has 0 spiro atoms. The van der Waals surface area contributed by atoms with E-state index in [0.717, 1.165) is 59.4 Å². The zero-order chi connectivity index (χ0) is 27.2. The maximum Gasteiger partial charge on any atom is 0.324 e. The lowest BCUT2D eigenvalue weighted by Crippen LogP contribution is -2.38. The molecule has 202 valence electrons. The van der Waals surface area contributed by atoms with Gasteiger partial charge in [-0.05, 0) is 48.4 Å². The SMILES string of the molecule is CC(C)(C)c1cc(NC(=O)Nc2ccc(C#Cc3nc4ccc(OCCN5CCOCC5)cc4s3)cc2)no1. The van der Waals surface area contributed by atoms with E-state index in [2.05, 4.69) is 37.5 Å². The van der Waals surface area contributed by atoms with E-state index in [4.69, 9.17) is 14.0 Å². The van der Waals surface area contributed by atoms with Crippen molar-refractivity contribution < 1.29 is 18.8 Å². The van der Waals surface area contributed by atoms with Gasteiger partial charge in [0.2, 0.25) is 0 Å². The van der Waals surface area contributed by atoms with Crippen LogP contribution in [0.15, 0.2) is 53.1 Å². The lowest BCUT2D eigenvalue weighted by atomic mass is 9.93. The van der Waals surface area contributed by atoms with Gasteiger partial charge in [0.1, 0.15) is 18.1 Å². The molecule has 1 fully saturated rings. The van der Waals surface area contributed by atoms with Crippen LogP contribution >= 0.6 is 11.3 Å². The van der Waals surface area contributed by atoms with Gasteiger partial charge in [-0.2, -0.15) is 0 Å². The van der Waals surface area contributed by atoms with E-state index in [9.17, 15) is 4.79 Å². The third-order valence-electron chi connectivity index (χ3n) is 6.09. The maximum atomic E-state index is 12.3. The number of fused-ring (bicyclic) bond motifs is 1. The molecule has 2 N–H and O–H groups in total. The van der Waals surface area contributed by atoms with E-state index in [1.54, 1.807) is 18.2 Å². The Morgan fingerprint density at radius 3 is 2.62 bits per heavy atom. The third-order valence-corrected chi connectivity index (χ3v) is 7.02. The molecule has 0 unspecified atom stereocenters. The molecule has 10 heteroatoms. The lowest BCUT2D eigenvalue weighted by Gasteiger charge is -2.26. The van der Waals surface area contributed by atoms with Gasteiger partial charge < -0.3 is 19.3 Å². The Hall–Kier alpha value is -3.91. The highest BCUT2D eigenvalue weighted by molar-refractivity contribution is 7.19. The molecule has 9 nitrogen and oxygen atoms in total. The number of nitrogens with one attached hydrogen (secondary N) is 2. The number of rotatable bonds is 6. The molecular formula is C29H31N5O4S. The van der Waals surface area contributed by atoms with E-state index < -0.39 is 6.03 Å². The van der Waals surface area contributed by atoms with Gasteiger partial charge in [0.05, 0.1) is 23.4 Å². The van der Waals surface area contributed by atoms with Gasteiger partial charge in [-0.3, -0.25) is 10.2 Å². The van der Waals surface area contributed by atoms with Crippen LogP contribution in [0.25, 0.3) is 10.2 Å². The normalized spacial score (nSPS) is 14.0. The van der Waals surface area contributed by atoms with E-state index in [1.165, 1.54) is 11.3 Å². The Morgan fingerprint density at radius 1 is 1.08 bits per heavy atom. The monoisotopic (exact) mass is 545 g/mol. The van der Waals surface area contributed by atoms with Gasteiger partial charge >= 0.3 is 6.03 Å². The molecule has 2 aromatic carbocycles. The molecule has 1 saturated heterocycles. The van der Waals surface area contributed by atoms with Crippen molar-refractivity contribution in [1.82, 2.24) is 15.0 Å². The van der Waals surface area contributed by atoms with E-state index in [1.807, 2.05) is 51.1 Å². The number of hydrogen-bond acceptors (Lipinski definition) is 8. The van der Waals surface area contributed by atoms with Crippen molar-refractivity contribution in [1.29, 1.82) is 0 Å². The first-order valence-corrected chi connectivity index (χ1v) is 13.6. The summed E-state index contributed by atoms with van der Waals surface area (Å²) in [6.07, 6.45) is 0. The average molecular weight is 546 g/mol. The third kappa shape index (κ3) is 7.35. The van der Waals surface area contributed by atoms with Crippen molar-refractivity contribution in [3.05, 3.63) is 64.9 Å². The standard InChI is InChI=1S/C29H31N5O4S/c1-29(2,3)25-19-26(33-38-25)32-28(35)30-21-7-4-20(5-8-21)6-11-27-31-23-10-9-22(18-24(23)39-27)37-17-14-34-12-15-36-16-13-34/h4-5,7-10,18-19H,12-17H2,1-3H3,(H2,30,32,33,35). The van der Waals surface area contributed by atoms with Gasteiger partial charge in [-0.1, -0.05) is 31.8 Å². The molecule has 1 aliphatic heterocycles. The molecule has 0 atom stereocenters. The van der Waals surface area contributed by atoms with Gasteiger partial charge in [0.15, 0.2) is 10.8 Å². The fraction of sp³-hybridized carbons (Fsp3) is 0.345. The second-order valence-corrected chi connectivity index (χ2v) is 11.2. The Labute approximate surface area is 231 Å². The number of morpholine rings is 1. The van der Waals surface area contributed by atoms with E-state index in [0.29, 0.717) is 23.9 Å². The summed E-state index contributed by atoms with van der Waals surface area (Å²) >= 11 is 1.54. The van der Waals surface area contributed by atoms with Crippen LogP contribution in [0.5, 0.6) is 5.75 Å². The van der Waals surface area contributed by atoms with Crippen molar-refractivity contribution >= 4 is 39.1 Å². The number of hydrogen-bond donors (Lipinski definition) is 2. The Balaban J connectivity index is 1.14. The quantitative estimate of drug-likeness (QED) is 0.316. The number of urea groups is 1. The number of carbonyl (C=O) groups excluding carboxylic acids is 1. The minimum Gasteiger partial charge on any atom is -0.492 e. The predicted molar refractivity (Wildman–Crippen MR) is 153 cm³/mol. The number of aromatic nitrogens is 2. The van der Waals surface area contributed by atoms with Crippen molar-refractivity contribution in [3.63, 3.8) is 0 Å². The predicted octanol–water partition coefficient (Wildman–Crippen LogP) is 5.34. The average Bonchev–Trinajstić information content (AvgIpc) is 3.55. The molecule has 0 radical (unpaired) electrons. The van der Waals surface area contributed by atoms with Crippen LogP contribution in [0.3, 0.4) is 0 Å². The molecule has 0 saturated carbocycles. The fourth-order valence-corrected chi connectivity index (χ4v) is 4.74. The number of thiazole rings is 1. The molecule has 0 bridgehead atoms. The molecule has 2 amide bonds. The first-order valence-electron chi connectivity index (χ1n) is 12.8. The number of carbonyl (C=O) groups is 1. The van der Waals surface area contributed by atoms with Crippen LogP contribution in [0.4, 0.5) is 16.3 Å². The summed E-state index contributed by atoms with van der Waals surface area (Å²) in [5, 5.41) is 10.1. The van der Waals surface area contributed by atoms with Gasteiger partial charge in [0, 0.05) is 42.4 Å². The van der Waals surface area contributed by atoms with E-state index >= 15 is 0 Å². The smallest absolute Gasteiger partial charge is 0.324 e. The minimum absolute atomic E-state index is 0.188. The second-order valence-electron chi connectivity index (χ2n) is 10.2. The van der Waals surface area contributed by atoms with Crippen molar-refractivity contribution in [3.8, 4) is 17.6 Å². The number of ether oxygens (including phenoxy) is 2. The van der Waals surface area contributed by atoms with Crippen LogP contribution in [0.2, 0.25) is 0 Å². The molecule has 39 heavy (non-hydrogen) atoms. The highest BCUT2D eigenvalue weighted by atomic mass is 32.1. The minimum atomic E-state index is -0.401. The van der Waals surface area contributed by atoms with Crippen molar-refractivity contribution in [2.75, 3.05) is 50.1 Å². The van der Waals surface area contributed by atoms with Crippen molar-refractivity contribution in [2.24, 2.45) is 0 Å². The summed E-state index contributed by atoms with van der Waals surface area (Å²) in [4.78, 5) is 19.3. The van der Waals surface area contributed by atoms with E-state index in [-0.39, 0.29) is 5.41 Å². The molecule has 4 aromatic rings. The lowest BCUT2D eigenvalue weighted by molar-refractivity contribution is 0.0322. The highest BCUT2D eigenvalue weighted by Crippen LogP contribution is 2.26. The molecule has 1 aliphatic rings. The van der Waals surface area contributed by atoms with Crippen LogP contribution in [0.1, 0.15) is 37.1 Å². The molecule has 3 heterocycles. The summed E-state index contributed by atoms with van der Waals surface area (Å²) in [7, 11) is 0. The summed E-state index contributed by atoms with van der Waals surface area (Å²) in [5.74, 6) is 8.18. The molecular weight excluding hydrogens is 514 g/mol. The molecule has 5 rings (SSSR count). The topological polar surface area (TPSA) is 102 Å². The number of nitrogens with zero attached hydrogens (tertiary/aromatic N) is 3. The summed E-state index contributed by atoms with van der Waals surface area (Å²) in [5.41, 5.74) is 2.17. The summed E-state index contributed by atoms with van der Waals surface area (Å²) in [6, 6.07) is 14.6. The largest absolute Gasteiger partial charge is 0.492 e. The van der Waals surface area contributed by atoms with Gasteiger partial charge in [0.25, 0.3) is 0 Å². The number of anilines is 2. The van der Waals surface area contributed by atoms with Gasteiger partial charge in [-0.15, -0.1) is 11.3 Å². The Morgan fingerprint density at radius 2 is 1.87 bits per heavy atom. The number of benzene rings is 2. The first kappa shape index (κ1) is 26.7. The van der Waals surface area contributed by atoms with Crippen LogP contribution in [-0.2, 0) is 10.2 Å². The van der Waals surface area contributed by atoms with Gasteiger partial charge in [-0.25, -0.2) is 9.78 Å². The molecule has 2 aromatic heterocycles. The highest BCUT2D eigenvalue weighted by Gasteiger charge is 2.20. The number of amides is 2. The Kier molecular flexibility index (Phi) is 8.12. The van der Waals surface area contributed by atoms with Crippen LogP contribution in [0, 0.1) is 11.8 Å². The Bertz CT molecular complexity index is 1490. The summed E-state index contributed by atoms with van der Waals surface area (Å²) < 4.78 is 17.7.